The quantitative estimate of drug-likeness (QED) is 0.184. The highest BCUT2D eigenvalue weighted by Crippen LogP contribution is 2.26. The third-order valence-electron chi connectivity index (χ3n) is 6.98. The van der Waals surface area contributed by atoms with Gasteiger partial charge >= 0.3 is 0 Å². The Morgan fingerprint density at radius 1 is 1.13 bits per heavy atom. The van der Waals surface area contributed by atoms with Crippen molar-refractivity contribution in [2.24, 2.45) is 10.9 Å². The van der Waals surface area contributed by atoms with Crippen molar-refractivity contribution in [1.29, 1.82) is 0 Å². The SMILES string of the molecule is C=C(CC)/N=C\C(C(=O)N(CCC)c1cccc(COC(CCNC)c2ccccc2)c1)=C(\C)C(C)CC. The topological polar surface area (TPSA) is 53.9 Å². The van der Waals surface area contributed by atoms with Crippen LogP contribution in [-0.2, 0) is 16.1 Å². The van der Waals surface area contributed by atoms with Crippen LogP contribution in [0.1, 0.15) is 77.5 Å². The number of anilines is 1. The molecule has 0 saturated carbocycles. The Kier molecular flexibility index (Phi) is 13.7. The third kappa shape index (κ3) is 9.38. The second-order valence-electron chi connectivity index (χ2n) is 9.81. The fraction of sp³-hybridized carbons (Fsp3) is 0.455. The maximum atomic E-state index is 14.0. The van der Waals surface area contributed by atoms with Crippen LogP contribution in [0.25, 0.3) is 0 Å². The van der Waals surface area contributed by atoms with E-state index in [1.807, 2.05) is 56.1 Å². The van der Waals surface area contributed by atoms with E-state index < -0.39 is 0 Å². The molecule has 1 N–H and O–H groups in total. The molecule has 1 amide bonds. The predicted molar refractivity (Wildman–Crippen MR) is 162 cm³/mol. The predicted octanol–water partition coefficient (Wildman–Crippen LogP) is 7.65. The van der Waals surface area contributed by atoms with Gasteiger partial charge < -0.3 is 15.0 Å². The number of hydrogen-bond donors (Lipinski definition) is 1. The van der Waals surface area contributed by atoms with Gasteiger partial charge in [-0.05, 0) is 75.4 Å². The molecule has 2 rings (SSSR count). The molecule has 0 heterocycles. The van der Waals surface area contributed by atoms with E-state index in [-0.39, 0.29) is 17.9 Å². The van der Waals surface area contributed by atoms with Crippen molar-refractivity contribution in [3.05, 3.63) is 89.1 Å². The van der Waals surface area contributed by atoms with Crippen LogP contribution in [0.5, 0.6) is 0 Å². The lowest BCUT2D eigenvalue weighted by Gasteiger charge is -2.25. The number of rotatable bonds is 16. The maximum Gasteiger partial charge on any atom is 0.259 e. The van der Waals surface area contributed by atoms with Crippen LogP contribution in [0.2, 0.25) is 0 Å². The zero-order valence-corrected chi connectivity index (χ0v) is 24.3. The van der Waals surface area contributed by atoms with E-state index in [0.717, 1.165) is 54.7 Å². The maximum absolute atomic E-state index is 14.0. The largest absolute Gasteiger partial charge is 0.369 e. The molecule has 2 aromatic rings. The Morgan fingerprint density at radius 2 is 1.87 bits per heavy atom. The number of ether oxygens (including phenoxy) is 1. The summed E-state index contributed by atoms with van der Waals surface area (Å²) in [5.74, 6) is 0.262. The third-order valence-corrected chi connectivity index (χ3v) is 6.98. The van der Waals surface area contributed by atoms with Gasteiger partial charge in [-0.1, -0.05) is 82.3 Å². The first-order valence-electron chi connectivity index (χ1n) is 14.0. The van der Waals surface area contributed by atoms with Gasteiger partial charge in [0.25, 0.3) is 5.91 Å². The number of carbonyl (C=O) groups excluding carboxylic acids is 1. The summed E-state index contributed by atoms with van der Waals surface area (Å²) in [6.45, 7) is 16.4. The van der Waals surface area contributed by atoms with Gasteiger partial charge in [0.15, 0.2) is 0 Å². The van der Waals surface area contributed by atoms with Crippen molar-refractivity contribution in [2.45, 2.75) is 73.0 Å². The summed E-state index contributed by atoms with van der Waals surface area (Å²) < 4.78 is 6.40. The first kappa shape index (κ1) is 31.2. The van der Waals surface area contributed by atoms with Crippen LogP contribution in [0.15, 0.2) is 83.0 Å². The van der Waals surface area contributed by atoms with Crippen LogP contribution in [-0.4, -0.2) is 32.3 Å². The molecule has 0 bridgehead atoms. The average Bonchev–Trinajstić information content (AvgIpc) is 2.95. The monoisotopic (exact) mass is 517 g/mol. The molecular formula is C33H47N3O2. The Hall–Kier alpha value is -3.02. The second-order valence-corrected chi connectivity index (χ2v) is 9.81. The number of nitrogens with zero attached hydrogens (tertiary/aromatic N) is 2. The summed E-state index contributed by atoms with van der Waals surface area (Å²) in [5.41, 5.74) is 5.56. The molecule has 206 valence electrons. The number of benzene rings is 2. The normalized spacial score (nSPS) is 13.7. The Labute approximate surface area is 230 Å². The molecule has 38 heavy (non-hydrogen) atoms. The smallest absolute Gasteiger partial charge is 0.259 e. The van der Waals surface area contributed by atoms with E-state index in [1.54, 1.807) is 6.21 Å². The molecule has 0 aromatic heterocycles. The van der Waals surface area contributed by atoms with Gasteiger partial charge in [0, 0.05) is 24.1 Å². The molecule has 0 aliphatic heterocycles. The standard InChI is InChI=1S/C33H47N3O2/c1-8-21-36(33(37)31(23-35-26(5)10-3)27(6)25(4)9-2)30-18-14-15-28(22-30)24-38-32(19-20-34-7)29-16-12-11-13-17-29/h11-18,22-23,25,32,34H,5,8-10,19-21,24H2,1-4,6-7H3/b31-27+,35-23-. The van der Waals surface area contributed by atoms with Gasteiger partial charge in [0.1, 0.15) is 0 Å². The van der Waals surface area contributed by atoms with Gasteiger partial charge in [0.2, 0.25) is 0 Å². The molecule has 0 aliphatic carbocycles. The summed E-state index contributed by atoms with van der Waals surface area (Å²) in [6, 6.07) is 18.5. The molecule has 0 saturated heterocycles. The number of carbonyl (C=O) groups is 1. The highest BCUT2D eigenvalue weighted by atomic mass is 16.5. The second kappa shape index (κ2) is 16.7. The van der Waals surface area contributed by atoms with Crippen LogP contribution in [0, 0.1) is 5.92 Å². The molecule has 2 aromatic carbocycles. The van der Waals surface area contributed by atoms with Gasteiger partial charge in [0.05, 0.1) is 18.3 Å². The summed E-state index contributed by atoms with van der Waals surface area (Å²) in [7, 11) is 1.96. The number of allylic oxidation sites excluding steroid dienone is 2. The van der Waals surface area contributed by atoms with Crippen molar-refractivity contribution >= 4 is 17.8 Å². The number of aliphatic imine (C=N–C) groups is 1. The number of nitrogens with one attached hydrogen (secondary N) is 1. The van der Waals surface area contributed by atoms with Crippen LogP contribution < -0.4 is 10.2 Å². The van der Waals surface area contributed by atoms with Gasteiger partial charge in [-0.25, -0.2) is 0 Å². The summed E-state index contributed by atoms with van der Waals surface area (Å²) in [6.07, 6.45) is 5.16. The van der Waals surface area contributed by atoms with Gasteiger partial charge in [-0.15, -0.1) is 0 Å². The first-order valence-corrected chi connectivity index (χ1v) is 14.0. The van der Waals surface area contributed by atoms with Gasteiger partial charge in [-0.3, -0.25) is 9.79 Å². The zero-order chi connectivity index (χ0) is 27.9. The van der Waals surface area contributed by atoms with E-state index in [0.29, 0.717) is 18.7 Å². The van der Waals surface area contributed by atoms with Crippen molar-refractivity contribution in [2.75, 3.05) is 25.0 Å². The minimum absolute atomic E-state index is 0.00345. The Morgan fingerprint density at radius 3 is 2.50 bits per heavy atom. The van der Waals surface area contributed by atoms with Crippen molar-refractivity contribution in [3.63, 3.8) is 0 Å². The van der Waals surface area contributed by atoms with E-state index in [2.05, 4.69) is 61.9 Å². The highest BCUT2D eigenvalue weighted by Gasteiger charge is 2.22. The summed E-state index contributed by atoms with van der Waals surface area (Å²) >= 11 is 0. The number of hydrogen-bond acceptors (Lipinski definition) is 4. The molecule has 2 unspecified atom stereocenters. The van der Waals surface area contributed by atoms with Crippen molar-refractivity contribution in [1.82, 2.24) is 5.32 Å². The Balaban J connectivity index is 2.34. The number of amides is 1. The van der Waals surface area contributed by atoms with Crippen LogP contribution >= 0.6 is 0 Å². The summed E-state index contributed by atoms with van der Waals surface area (Å²) in [4.78, 5) is 20.4. The Bertz CT molecular complexity index is 1070. The summed E-state index contributed by atoms with van der Waals surface area (Å²) in [5, 5.41) is 3.22. The molecule has 0 fully saturated rings. The lowest BCUT2D eigenvalue weighted by molar-refractivity contribution is -0.114. The lowest BCUT2D eigenvalue weighted by Crippen LogP contribution is -2.34. The molecule has 0 aliphatic rings. The van der Waals surface area contributed by atoms with E-state index >= 15 is 0 Å². The van der Waals surface area contributed by atoms with E-state index in [1.165, 1.54) is 5.56 Å². The lowest BCUT2D eigenvalue weighted by atomic mass is 9.94. The van der Waals surface area contributed by atoms with Crippen molar-refractivity contribution in [3.8, 4) is 0 Å². The van der Waals surface area contributed by atoms with E-state index in [9.17, 15) is 4.79 Å². The molecule has 0 spiro atoms. The zero-order valence-electron chi connectivity index (χ0n) is 24.3. The average molecular weight is 518 g/mol. The molecular weight excluding hydrogens is 470 g/mol. The minimum atomic E-state index is -0.0217. The fourth-order valence-corrected chi connectivity index (χ4v) is 4.16. The molecule has 5 heteroatoms. The van der Waals surface area contributed by atoms with Crippen molar-refractivity contribution < 1.29 is 9.53 Å². The highest BCUT2D eigenvalue weighted by molar-refractivity contribution is 6.19. The molecule has 2 atom stereocenters. The van der Waals surface area contributed by atoms with Crippen LogP contribution in [0.4, 0.5) is 5.69 Å². The first-order chi connectivity index (χ1) is 18.4. The fourth-order valence-electron chi connectivity index (χ4n) is 4.16. The van der Waals surface area contributed by atoms with Gasteiger partial charge in [-0.2, -0.15) is 0 Å². The molecule has 5 nitrogen and oxygen atoms in total. The molecule has 0 radical (unpaired) electrons. The minimum Gasteiger partial charge on any atom is -0.369 e. The van der Waals surface area contributed by atoms with E-state index in [4.69, 9.17) is 4.74 Å². The van der Waals surface area contributed by atoms with Crippen LogP contribution in [0.3, 0.4) is 0 Å².